The Kier molecular flexibility index (Phi) is 3.02. The van der Waals surface area contributed by atoms with Gasteiger partial charge in [0.15, 0.2) is 0 Å². The van der Waals surface area contributed by atoms with Crippen LogP contribution in [-0.2, 0) is 5.41 Å². The number of halogens is 2. The molecule has 2 aliphatic heterocycles. The normalized spacial score (nSPS) is 24.4. The molecule has 2 aromatic rings. The quantitative estimate of drug-likeness (QED) is 0.709. The molecule has 2 aromatic carbocycles. The summed E-state index contributed by atoms with van der Waals surface area (Å²) in [4.78, 5) is 0. The lowest BCUT2D eigenvalue weighted by Crippen LogP contribution is -2.46. The van der Waals surface area contributed by atoms with Crippen LogP contribution in [0, 0.1) is 11.7 Å². The molecule has 0 radical (unpaired) electrons. The molecular weight excluding hydrogens is 345 g/mol. The van der Waals surface area contributed by atoms with Crippen molar-refractivity contribution in [3.63, 3.8) is 0 Å². The first-order valence-corrected chi connectivity index (χ1v) is 8.25. The molecule has 114 valence electrons. The van der Waals surface area contributed by atoms with Gasteiger partial charge in [-0.25, -0.2) is 4.39 Å². The summed E-state index contributed by atoms with van der Waals surface area (Å²) in [5, 5.41) is 3.60. The van der Waals surface area contributed by atoms with E-state index in [9.17, 15) is 4.39 Å². The summed E-state index contributed by atoms with van der Waals surface area (Å²) in [5.74, 6) is 0.994. The molecule has 1 N–H and O–H groups in total. The van der Waals surface area contributed by atoms with Crippen molar-refractivity contribution >= 4 is 21.6 Å². The van der Waals surface area contributed by atoms with Gasteiger partial charge in [0.1, 0.15) is 11.6 Å². The van der Waals surface area contributed by atoms with Crippen molar-refractivity contribution in [1.82, 2.24) is 0 Å². The number of anilines is 1. The highest BCUT2D eigenvalue weighted by atomic mass is 79.9. The highest BCUT2D eigenvalue weighted by Crippen LogP contribution is 2.52. The Balaban J connectivity index is 1.88. The van der Waals surface area contributed by atoms with Gasteiger partial charge in [-0.3, -0.25) is 0 Å². The Morgan fingerprint density at radius 1 is 1.23 bits per heavy atom. The second-order valence-corrected chi connectivity index (χ2v) is 7.55. The van der Waals surface area contributed by atoms with Crippen molar-refractivity contribution in [1.29, 1.82) is 0 Å². The van der Waals surface area contributed by atoms with Crippen molar-refractivity contribution in [2.75, 3.05) is 11.9 Å². The van der Waals surface area contributed by atoms with Gasteiger partial charge in [-0.05, 0) is 42.0 Å². The molecule has 2 nitrogen and oxygen atoms in total. The van der Waals surface area contributed by atoms with Crippen molar-refractivity contribution in [2.24, 2.45) is 5.92 Å². The number of ether oxygens (including phenoxy) is 1. The third-order valence-corrected chi connectivity index (χ3v) is 5.53. The third-order valence-electron chi connectivity index (χ3n) is 5.04. The number of fused-ring (bicyclic) bond motifs is 4. The molecule has 4 heteroatoms. The van der Waals surface area contributed by atoms with E-state index in [-0.39, 0.29) is 23.2 Å². The number of nitrogens with one attached hydrogen (secondary N) is 1. The van der Waals surface area contributed by atoms with E-state index < -0.39 is 0 Å². The lowest BCUT2D eigenvalue weighted by molar-refractivity contribution is 0.135. The van der Waals surface area contributed by atoms with Gasteiger partial charge < -0.3 is 10.1 Å². The van der Waals surface area contributed by atoms with Gasteiger partial charge in [-0.1, -0.05) is 29.8 Å². The van der Waals surface area contributed by atoms with Gasteiger partial charge in [-0.15, -0.1) is 0 Å². The average Bonchev–Trinajstić information content (AvgIpc) is 2.48. The molecule has 0 aromatic heterocycles. The topological polar surface area (TPSA) is 21.3 Å². The highest BCUT2D eigenvalue weighted by Gasteiger charge is 2.46. The molecule has 0 amide bonds. The SMILES string of the molecule is CC1(C)c2cc(F)ccc2N[C@H]2c3cc(Br)ccc3OC[C@H]21. The molecule has 0 unspecified atom stereocenters. The zero-order chi connectivity index (χ0) is 15.5. The van der Waals surface area contributed by atoms with E-state index in [1.165, 1.54) is 6.07 Å². The fraction of sp³-hybridized carbons (Fsp3) is 0.333. The largest absolute Gasteiger partial charge is 0.493 e. The van der Waals surface area contributed by atoms with E-state index in [2.05, 4.69) is 41.2 Å². The predicted molar refractivity (Wildman–Crippen MR) is 88.9 cm³/mol. The van der Waals surface area contributed by atoms with Crippen LogP contribution in [0.1, 0.15) is 31.0 Å². The van der Waals surface area contributed by atoms with E-state index in [0.29, 0.717) is 6.61 Å². The van der Waals surface area contributed by atoms with E-state index in [1.807, 2.05) is 18.2 Å². The first-order chi connectivity index (χ1) is 10.5. The summed E-state index contributed by atoms with van der Waals surface area (Å²) in [6.45, 7) is 4.99. The second kappa shape index (κ2) is 4.72. The zero-order valence-corrected chi connectivity index (χ0v) is 14.1. The molecule has 22 heavy (non-hydrogen) atoms. The molecule has 0 aliphatic carbocycles. The lowest BCUT2D eigenvalue weighted by Gasteiger charge is -2.48. The minimum absolute atomic E-state index is 0.159. The van der Waals surface area contributed by atoms with Crippen LogP contribution in [0.3, 0.4) is 0 Å². The van der Waals surface area contributed by atoms with E-state index in [1.54, 1.807) is 6.07 Å². The minimum Gasteiger partial charge on any atom is -0.493 e. The molecule has 0 fully saturated rings. The number of benzene rings is 2. The lowest BCUT2D eigenvalue weighted by atomic mass is 9.65. The predicted octanol–water partition coefficient (Wildman–Crippen LogP) is 5.04. The van der Waals surface area contributed by atoms with Gasteiger partial charge >= 0.3 is 0 Å². The summed E-state index contributed by atoms with van der Waals surface area (Å²) < 4.78 is 20.7. The van der Waals surface area contributed by atoms with Crippen molar-refractivity contribution < 1.29 is 9.13 Å². The fourth-order valence-corrected chi connectivity index (χ4v) is 4.11. The maximum Gasteiger partial charge on any atom is 0.124 e. The number of rotatable bonds is 0. The highest BCUT2D eigenvalue weighted by molar-refractivity contribution is 9.10. The zero-order valence-electron chi connectivity index (χ0n) is 12.5. The fourth-order valence-electron chi connectivity index (χ4n) is 3.73. The molecule has 0 bridgehead atoms. The maximum atomic E-state index is 13.7. The average molecular weight is 362 g/mol. The monoisotopic (exact) mass is 361 g/mol. The van der Waals surface area contributed by atoms with Crippen molar-refractivity contribution in [2.45, 2.75) is 25.3 Å². The van der Waals surface area contributed by atoms with E-state index in [0.717, 1.165) is 27.0 Å². The van der Waals surface area contributed by atoms with Crippen LogP contribution in [0.5, 0.6) is 5.75 Å². The van der Waals surface area contributed by atoms with E-state index in [4.69, 9.17) is 4.74 Å². The van der Waals surface area contributed by atoms with Gasteiger partial charge in [0, 0.05) is 27.1 Å². The van der Waals surface area contributed by atoms with Crippen LogP contribution < -0.4 is 10.1 Å². The summed E-state index contributed by atoms with van der Waals surface area (Å²) in [5.41, 5.74) is 3.04. The van der Waals surface area contributed by atoms with Crippen LogP contribution in [0.2, 0.25) is 0 Å². The van der Waals surface area contributed by atoms with Gasteiger partial charge in [0.05, 0.1) is 12.6 Å². The van der Waals surface area contributed by atoms with Gasteiger partial charge in [0.25, 0.3) is 0 Å². The number of hydrogen-bond donors (Lipinski definition) is 1. The van der Waals surface area contributed by atoms with Crippen molar-refractivity contribution in [3.05, 3.63) is 57.8 Å². The van der Waals surface area contributed by atoms with Gasteiger partial charge in [-0.2, -0.15) is 0 Å². The van der Waals surface area contributed by atoms with E-state index >= 15 is 0 Å². The Morgan fingerprint density at radius 3 is 2.86 bits per heavy atom. The van der Waals surface area contributed by atoms with Crippen molar-refractivity contribution in [3.8, 4) is 5.75 Å². The Hall–Kier alpha value is -1.55. The first kappa shape index (κ1) is 14.1. The first-order valence-electron chi connectivity index (χ1n) is 7.45. The molecule has 2 aliphatic rings. The van der Waals surface area contributed by atoms with Crippen LogP contribution in [0.25, 0.3) is 0 Å². The minimum atomic E-state index is -0.188. The maximum absolute atomic E-state index is 13.7. The molecule has 0 spiro atoms. The molecule has 4 rings (SSSR count). The standard InChI is InChI=1S/C18H17BrFNO/c1-18(2)13-8-11(20)4-5-15(13)21-17-12-7-10(19)3-6-16(12)22-9-14(17)18/h3-8,14,17,21H,9H2,1-2H3/t14-,17+/m1/s1. The summed E-state index contributed by atoms with van der Waals surface area (Å²) in [7, 11) is 0. The molecule has 0 saturated carbocycles. The molecule has 2 heterocycles. The Bertz CT molecular complexity index is 759. The Morgan fingerprint density at radius 2 is 2.05 bits per heavy atom. The molecular formula is C18H17BrFNO. The van der Waals surface area contributed by atoms with Crippen LogP contribution in [-0.4, -0.2) is 6.61 Å². The summed E-state index contributed by atoms with van der Waals surface area (Å²) >= 11 is 3.54. The summed E-state index contributed by atoms with van der Waals surface area (Å²) in [6, 6.07) is 11.3. The number of hydrogen-bond acceptors (Lipinski definition) is 2. The smallest absolute Gasteiger partial charge is 0.124 e. The molecule has 0 saturated heterocycles. The van der Waals surface area contributed by atoms with Crippen LogP contribution in [0.15, 0.2) is 40.9 Å². The summed E-state index contributed by atoms with van der Waals surface area (Å²) in [6.07, 6.45) is 0. The van der Waals surface area contributed by atoms with Crippen LogP contribution >= 0.6 is 15.9 Å². The van der Waals surface area contributed by atoms with Crippen LogP contribution in [0.4, 0.5) is 10.1 Å². The van der Waals surface area contributed by atoms with Gasteiger partial charge in [0.2, 0.25) is 0 Å². The second-order valence-electron chi connectivity index (χ2n) is 6.63. The Labute approximate surface area is 137 Å². The molecule has 2 atom stereocenters. The third kappa shape index (κ3) is 1.97.